The Labute approximate surface area is 107 Å². The molecule has 0 bridgehead atoms. The maximum absolute atomic E-state index is 5.78. The number of hydrogen-bond acceptors (Lipinski definition) is 2. The lowest BCUT2D eigenvalue weighted by Crippen LogP contribution is -2.30. The third kappa shape index (κ3) is 6.71. The second-order valence-electron chi connectivity index (χ2n) is 4.79. The first-order chi connectivity index (χ1) is 8.36. The molecule has 1 N–H and O–H groups in total. The second-order valence-corrected chi connectivity index (χ2v) is 4.79. The van der Waals surface area contributed by atoms with E-state index in [0.717, 1.165) is 19.6 Å². The molecule has 1 fully saturated rings. The molecule has 1 saturated heterocycles. The minimum atomic E-state index is 0.516. The molecule has 0 saturated carbocycles. The van der Waals surface area contributed by atoms with Crippen LogP contribution in [0.2, 0.25) is 0 Å². The van der Waals surface area contributed by atoms with Crippen LogP contribution in [-0.2, 0) is 4.74 Å². The van der Waals surface area contributed by atoms with Crippen molar-refractivity contribution in [2.45, 2.75) is 70.9 Å². The van der Waals surface area contributed by atoms with Crippen molar-refractivity contribution < 1.29 is 4.74 Å². The quantitative estimate of drug-likeness (QED) is 0.687. The van der Waals surface area contributed by atoms with Crippen LogP contribution >= 0.6 is 0 Å². The topological polar surface area (TPSA) is 21.3 Å². The highest BCUT2D eigenvalue weighted by atomic mass is 16.5. The number of hydrogen-bond donors (Lipinski definition) is 1. The summed E-state index contributed by atoms with van der Waals surface area (Å²) in [5, 5.41) is 3.56. The molecule has 1 aliphatic rings. The largest absolute Gasteiger partial charge is 0.378 e. The van der Waals surface area contributed by atoms with Crippen LogP contribution in [0.4, 0.5) is 0 Å². The van der Waals surface area contributed by atoms with E-state index in [1.54, 1.807) is 0 Å². The van der Waals surface area contributed by atoms with Gasteiger partial charge in [0.2, 0.25) is 0 Å². The van der Waals surface area contributed by atoms with Crippen molar-refractivity contribution in [2.75, 3.05) is 13.2 Å². The van der Waals surface area contributed by atoms with E-state index in [1.807, 2.05) is 6.92 Å². The first kappa shape index (κ1) is 14.5. The van der Waals surface area contributed by atoms with Gasteiger partial charge in [-0.25, -0.2) is 0 Å². The van der Waals surface area contributed by atoms with Crippen LogP contribution in [0.1, 0.15) is 58.8 Å². The fraction of sp³-hybridized carbons (Fsp3) is 0.867. The number of ether oxygens (including phenoxy) is 1. The van der Waals surface area contributed by atoms with Crippen LogP contribution < -0.4 is 5.32 Å². The van der Waals surface area contributed by atoms with E-state index in [0.29, 0.717) is 12.1 Å². The van der Waals surface area contributed by atoms with Gasteiger partial charge in [-0.1, -0.05) is 6.92 Å². The minimum Gasteiger partial charge on any atom is -0.378 e. The average Bonchev–Trinajstić information content (AvgIpc) is 2.37. The fourth-order valence-corrected chi connectivity index (χ4v) is 2.43. The lowest BCUT2D eigenvalue weighted by Gasteiger charge is -2.25. The van der Waals surface area contributed by atoms with Crippen molar-refractivity contribution in [3.63, 3.8) is 0 Å². The molecule has 17 heavy (non-hydrogen) atoms. The molecule has 2 atom stereocenters. The Hall–Kier alpha value is -0.520. The zero-order valence-corrected chi connectivity index (χ0v) is 11.4. The standard InChI is InChI=1S/C15H27NO/c1-3-5-6-9-14(16-4-2)11-12-15-10-7-8-13-17-15/h14-16H,4,6-13H2,1-2H3. The van der Waals surface area contributed by atoms with Crippen LogP contribution in [-0.4, -0.2) is 25.3 Å². The highest BCUT2D eigenvalue weighted by Gasteiger charge is 2.15. The summed E-state index contributed by atoms with van der Waals surface area (Å²) in [5.41, 5.74) is 0. The number of nitrogens with one attached hydrogen (secondary N) is 1. The van der Waals surface area contributed by atoms with Crippen LogP contribution in [0.5, 0.6) is 0 Å². The van der Waals surface area contributed by atoms with Crippen LogP contribution in [0.25, 0.3) is 0 Å². The molecule has 0 spiro atoms. The van der Waals surface area contributed by atoms with E-state index in [9.17, 15) is 0 Å². The van der Waals surface area contributed by atoms with E-state index in [-0.39, 0.29) is 0 Å². The van der Waals surface area contributed by atoms with Gasteiger partial charge in [0.05, 0.1) is 6.10 Å². The van der Waals surface area contributed by atoms with Crippen LogP contribution in [0, 0.1) is 11.8 Å². The maximum atomic E-state index is 5.78. The lowest BCUT2D eigenvalue weighted by molar-refractivity contribution is 0.00849. The summed E-state index contributed by atoms with van der Waals surface area (Å²) in [4.78, 5) is 0. The third-order valence-corrected chi connectivity index (χ3v) is 3.40. The summed E-state index contributed by atoms with van der Waals surface area (Å²) >= 11 is 0. The molecule has 1 heterocycles. The van der Waals surface area contributed by atoms with Crippen molar-refractivity contribution in [3.8, 4) is 11.8 Å². The molecule has 0 aromatic rings. The van der Waals surface area contributed by atoms with E-state index < -0.39 is 0 Å². The van der Waals surface area contributed by atoms with Gasteiger partial charge in [-0.3, -0.25) is 0 Å². The molecular formula is C15H27NO. The van der Waals surface area contributed by atoms with Gasteiger partial charge in [0.1, 0.15) is 0 Å². The van der Waals surface area contributed by atoms with Gasteiger partial charge in [0, 0.05) is 19.1 Å². The Morgan fingerprint density at radius 2 is 2.24 bits per heavy atom. The smallest absolute Gasteiger partial charge is 0.0575 e. The maximum Gasteiger partial charge on any atom is 0.0575 e. The van der Waals surface area contributed by atoms with Crippen molar-refractivity contribution in [2.24, 2.45) is 0 Å². The van der Waals surface area contributed by atoms with Crippen molar-refractivity contribution in [1.29, 1.82) is 0 Å². The summed E-state index contributed by atoms with van der Waals surface area (Å²) in [5.74, 6) is 6.12. The molecule has 98 valence electrons. The molecule has 0 aromatic carbocycles. The minimum absolute atomic E-state index is 0.516. The first-order valence-corrected chi connectivity index (χ1v) is 7.11. The van der Waals surface area contributed by atoms with Gasteiger partial charge >= 0.3 is 0 Å². The normalized spacial score (nSPS) is 21.6. The molecule has 0 aromatic heterocycles. The Morgan fingerprint density at radius 3 is 2.88 bits per heavy atom. The van der Waals surface area contributed by atoms with Gasteiger partial charge in [0.15, 0.2) is 0 Å². The molecule has 2 nitrogen and oxygen atoms in total. The summed E-state index contributed by atoms with van der Waals surface area (Å²) in [7, 11) is 0. The summed E-state index contributed by atoms with van der Waals surface area (Å²) in [6, 6.07) is 0.617. The molecule has 2 unspecified atom stereocenters. The van der Waals surface area contributed by atoms with Gasteiger partial charge in [0.25, 0.3) is 0 Å². The predicted octanol–water partition coefficient (Wildman–Crippen LogP) is 3.12. The van der Waals surface area contributed by atoms with Gasteiger partial charge < -0.3 is 10.1 Å². The first-order valence-electron chi connectivity index (χ1n) is 7.11. The third-order valence-electron chi connectivity index (χ3n) is 3.40. The van der Waals surface area contributed by atoms with Crippen molar-refractivity contribution in [1.82, 2.24) is 5.32 Å². The second kappa shape index (κ2) is 9.50. The average molecular weight is 237 g/mol. The van der Waals surface area contributed by atoms with Crippen molar-refractivity contribution >= 4 is 0 Å². The monoisotopic (exact) mass is 237 g/mol. The van der Waals surface area contributed by atoms with E-state index >= 15 is 0 Å². The predicted molar refractivity (Wildman–Crippen MR) is 73.0 cm³/mol. The molecule has 2 heteroatoms. The SMILES string of the molecule is CC#CCCC(CCC1CCCCO1)NCC. The van der Waals surface area contributed by atoms with Crippen molar-refractivity contribution in [3.05, 3.63) is 0 Å². The zero-order chi connectivity index (χ0) is 12.3. The molecule has 0 radical (unpaired) electrons. The molecule has 0 amide bonds. The highest BCUT2D eigenvalue weighted by Crippen LogP contribution is 2.18. The van der Waals surface area contributed by atoms with Gasteiger partial charge in [-0.15, -0.1) is 11.8 Å². The Morgan fingerprint density at radius 1 is 1.35 bits per heavy atom. The molecule has 1 rings (SSSR count). The Bertz CT molecular complexity index is 235. The summed E-state index contributed by atoms with van der Waals surface area (Å²) < 4.78 is 5.78. The summed E-state index contributed by atoms with van der Waals surface area (Å²) in [6.07, 6.45) is 8.98. The Balaban J connectivity index is 2.19. The molecule has 1 aliphatic heterocycles. The van der Waals surface area contributed by atoms with E-state index in [2.05, 4.69) is 24.1 Å². The van der Waals surface area contributed by atoms with Gasteiger partial charge in [-0.05, 0) is 52.0 Å². The molecular weight excluding hydrogens is 210 g/mol. The highest BCUT2D eigenvalue weighted by molar-refractivity contribution is 4.95. The zero-order valence-electron chi connectivity index (χ0n) is 11.4. The summed E-state index contributed by atoms with van der Waals surface area (Å²) in [6.45, 7) is 6.11. The number of rotatable bonds is 7. The van der Waals surface area contributed by atoms with E-state index in [1.165, 1.54) is 38.5 Å². The van der Waals surface area contributed by atoms with Gasteiger partial charge in [-0.2, -0.15) is 0 Å². The fourth-order valence-electron chi connectivity index (χ4n) is 2.43. The Kier molecular flexibility index (Phi) is 8.13. The van der Waals surface area contributed by atoms with Crippen LogP contribution in [0.15, 0.2) is 0 Å². The molecule has 0 aliphatic carbocycles. The lowest BCUT2D eigenvalue weighted by atomic mass is 9.99. The van der Waals surface area contributed by atoms with E-state index in [4.69, 9.17) is 4.74 Å². The van der Waals surface area contributed by atoms with Crippen LogP contribution in [0.3, 0.4) is 0 Å².